The van der Waals surface area contributed by atoms with Crippen LogP contribution in [-0.2, 0) is 11.2 Å². The standard InChI is InChI=1S/C15H26N4OS/c1-10(2)11(3)16-14(20)9-21-15-17-13(18-19-15)8-12-6-4-5-7-12/h10-12H,4-9H2,1-3H3,(H,16,20)(H,17,18,19). The first kappa shape index (κ1) is 16.3. The fraction of sp³-hybridized carbons (Fsp3) is 0.800. The number of carbonyl (C=O) groups is 1. The zero-order valence-corrected chi connectivity index (χ0v) is 14.0. The maximum Gasteiger partial charge on any atom is 0.230 e. The lowest BCUT2D eigenvalue weighted by Crippen LogP contribution is -2.37. The number of aromatic amines is 1. The molecule has 1 amide bonds. The molecule has 1 atom stereocenters. The first-order valence-electron chi connectivity index (χ1n) is 7.88. The number of rotatable bonds is 7. The summed E-state index contributed by atoms with van der Waals surface area (Å²) in [5, 5.41) is 10.9. The summed E-state index contributed by atoms with van der Waals surface area (Å²) in [6, 6.07) is 0.197. The molecule has 1 aliphatic carbocycles. The van der Waals surface area contributed by atoms with Gasteiger partial charge in [0.05, 0.1) is 5.75 Å². The van der Waals surface area contributed by atoms with Gasteiger partial charge in [0.15, 0.2) is 0 Å². The minimum Gasteiger partial charge on any atom is -0.353 e. The number of aromatic nitrogens is 3. The third-order valence-electron chi connectivity index (χ3n) is 4.19. The van der Waals surface area contributed by atoms with Crippen LogP contribution in [0.1, 0.15) is 52.3 Å². The average Bonchev–Trinajstić information content (AvgIpc) is 3.08. The summed E-state index contributed by atoms with van der Waals surface area (Å²) in [5.74, 6) is 2.58. The molecule has 118 valence electrons. The molecule has 0 radical (unpaired) electrons. The number of hydrogen-bond acceptors (Lipinski definition) is 4. The number of thioether (sulfide) groups is 1. The maximum absolute atomic E-state index is 11.8. The first-order chi connectivity index (χ1) is 10.0. The number of nitrogens with zero attached hydrogens (tertiary/aromatic N) is 2. The minimum absolute atomic E-state index is 0.0448. The van der Waals surface area contributed by atoms with E-state index in [1.807, 2.05) is 6.92 Å². The zero-order valence-electron chi connectivity index (χ0n) is 13.2. The third-order valence-corrected chi connectivity index (χ3v) is 5.04. The molecule has 6 heteroatoms. The van der Waals surface area contributed by atoms with Crippen molar-refractivity contribution in [1.82, 2.24) is 20.5 Å². The first-order valence-corrected chi connectivity index (χ1v) is 8.86. The van der Waals surface area contributed by atoms with Gasteiger partial charge in [-0.25, -0.2) is 4.98 Å². The summed E-state index contributed by atoms with van der Waals surface area (Å²) < 4.78 is 0. The molecule has 1 fully saturated rings. The highest BCUT2D eigenvalue weighted by Crippen LogP contribution is 2.27. The van der Waals surface area contributed by atoms with Gasteiger partial charge in [-0.3, -0.25) is 9.89 Å². The van der Waals surface area contributed by atoms with Gasteiger partial charge in [-0.15, -0.1) is 5.10 Å². The van der Waals surface area contributed by atoms with Gasteiger partial charge in [0, 0.05) is 12.5 Å². The SMILES string of the molecule is CC(C)C(C)NC(=O)CSc1n[nH]c(CC2CCCC2)n1. The van der Waals surface area contributed by atoms with E-state index in [0.717, 1.165) is 18.2 Å². The molecular weight excluding hydrogens is 284 g/mol. The van der Waals surface area contributed by atoms with Gasteiger partial charge in [-0.2, -0.15) is 0 Å². The molecule has 1 aromatic heterocycles. The quantitative estimate of drug-likeness (QED) is 0.760. The van der Waals surface area contributed by atoms with Crippen molar-refractivity contribution < 1.29 is 4.79 Å². The summed E-state index contributed by atoms with van der Waals surface area (Å²) in [4.78, 5) is 16.3. The van der Waals surface area contributed by atoms with E-state index in [0.29, 0.717) is 16.8 Å². The molecule has 1 heterocycles. The lowest BCUT2D eigenvalue weighted by molar-refractivity contribution is -0.119. The van der Waals surface area contributed by atoms with Crippen LogP contribution in [0.25, 0.3) is 0 Å². The normalized spacial score (nSPS) is 17.3. The van der Waals surface area contributed by atoms with Gasteiger partial charge >= 0.3 is 0 Å². The van der Waals surface area contributed by atoms with Crippen LogP contribution in [0.4, 0.5) is 0 Å². The van der Waals surface area contributed by atoms with Gasteiger partial charge in [0.1, 0.15) is 5.82 Å². The molecule has 2 N–H and O–H groups in total. The molecule has 1 aliphatic rings. The molecule has 0 aromatic carbocycles. The topological polar surface area (TPSA) is 70.7 Å². The van der Waals surface area contributed by atoms with E-state index in [4.69, 9.17) is 0 Å². The van der Waals surface area contributed by atoms with Gasteiger partial charge in [-0.05, 0) is 18.8 Å². The van der Waals surface area contributed by atoms with E-state index < -0.39 is 0 Å². The van der Waals surface area contributed by atoms with E-state index in [1.165, 1.54) is 37.4 Å². The van der Waals surface area contributed by atoms with Crippen LogP contribution in [0.3, 0.4) is 0 Å². The van der Waals surface area contributed by atoms with E-state index in [-0.39, 0.29) is 11.9 Å². The summed E-state index contributed by atoms with van der Waals surface area (Å²) in [6.45, 7) is 6.23. The summed E-state index contributed by atoms with van der Waals surface area (Å²) in [5.41, 5.74) is 0. The number of carbonyl (C=O) groups excluding carboxylic acids is 1. The molecule has 1 unspecified atom stereocenters. The molecule has 0 saturated heterocycles. The fourth-order valence-corrected chi connectivity index (χ4v) is 3.14. The largest absolute Gasteiger partial charge is 0.353 e. The second-order valence-electron chi connectivity index (χ2n) is 6.31. The van der Waals surface area contributed by atoms with E-state index in [1.54, 1.807) is 0 Å². The van der Waals surface area contributed by atoms with Crippen molar-refractivity contribution in [3.05, 3.63) is 5.82 Å². The van der Waals surface area contributed by atoms with Crippen LogP contribution in [0.15, 0.2) is 5.16 Å². The summed E-state index contributed by atoms with van der Waals surface area (Å²) in [7, 11) is 0. The Hall–Kier alpha value is -1.04. The second kappa shape index (κ2) is 7.82. The highest BCUT2D eigenvalue weighted by Gasteiger charge is 2.18. The zero-order chi connectivity index (χ0) is 15.2. The Morgan fingerprint density at radius 3 is 2.76 bits per heavy atom. The molecule has 0 bridgehead atoms. The van der Waals surface area contributed by atoms with Crippen molar-refractivity contribution in [2.75, 3.05) is 5.75 Å². The van der Waals surface area contributed by atoms with Crippen LogP contribution in [-0.4, -0.2) is 32.9 Å². The molecule has 0 spiro atoms. The van der Waals surface area contributed by atoms with Crippen molar-refractivity contribution >= 4 is 17.7 Å². The number of hydrogen-bond donors (Lipinski definition) is 2. The van der Waals surface area contributed by atoms with E-state index in [9.17, 15) is 4.79 Å². The maximum atomic E-state index is 11.8. The van der Waals surface area contributed by atoms with Crippen molar-refractivity contribution in [3.63, 3.8) is 0 Å². The van der Waals surface area contributed by atoms with Crippen molar-refractivity contribution in [1.29, 1.82) is 0 Å². The van der Waals surface area contributed by atoms with Crippen molar-refractivity contribution in [2.45, 2.75) is 64.1 Å². The fourth-order valence-electron chi connectivity index (χ4n) is 2.51. The molecule has 1 saturated carbocycles. The van der Waals surface area contributed by atoms with E-state index >= 15 is 0 Å². The Kier molecular flexibility index (Phi) is 6.08. The molecule has 5 nitrogen and oxygen atoms in total. The average molecular weight is 310 g/mol. The van der Waals surface area contributed by atoms with Crippen LogP contribution >= 0.6 is 11.8 Å². The van der Waals surface area contributed by atoms with Gasteiger partial charge in [-0.1, -0.05) is 51.3 Å². The van der Waals surface area contributed by atoms with Crippen LogP contribution < -0.4 is 5.32 Å². The Morgan fingerprint density at radius 1 is 1.38 bits per heavy atom. The second-order valence-corrected chi connectivity index (χ2v) is 7.25. The lowest BCUT2D eigenvalue weighted by Gasteiger charge is -2.16. The highest BCUT2D eigenvalue weighted by atomic mass is 32.2. The highest BCUT2D eigenvalue weighted by molar-refractivity contribution is 7.99. The van der Waals surface area contributed by atoms with Crippen molar-refractivity contribution in [2.24, 2.45) is 11.8 Å². The minimum atomic E-state index is 0.0448. The lowest BCUT2D eigenvalue weighted by atomic mass is 10.0. The molecule has 21 heavy (non-hydrogen) atoms. The Balaban J connectivity index is 1.73. The molecule has 1 aromatic rings. The monoisotopic (exact) mass is 310 g/mol. The molecule has 0 aliphatic heterocycles. The van der Waals surface area contributed by atoms with E-state index in [2.05, 4.69) is 34.3 Å². The van der Waals surface area contributed by atoms with Crippen LogP contribution in [0.5, 0.6) is 0 Å². The Labute approximate surface area is 131 Å². The number of nitrogens with one attached hydrogen (secondary N) is 2. The van der Waals surface area contributed by atoms with Crippen molar-refractivity contribution in [3.8, 4) is 0 Å². The summed E-state index contributed by atoms with van der Waals surface area (Å²) >= 11 is 1.40. The number of H-pyrrole nitrogens is 1. The Morgan fingerprint density at radius 2 is 2.10 bits per heavy atom. The third kappa shape index (κ3) is 5.34. The van der Waals surface area contributed by atoms with Gasteiger partial charge in [0.2, 0.25) is 11.1 Å². The smallest absolute Gasteiger partial charge is 0.230 e. The molecular formula is C15H26N4OS. The van der Waals surface area contributed by atoms with Crippen LogP contribution in [0.2, 0.25) is 0 Å². The number of amides is 1. The van der Waals surface area contributed by atoms with Crippen LogP contribution in [0, 0.1) is 11.8 Å². The predicted octanol–water partition coefficient (Wildman–Crippen LogP) is 2.79. The molecule has 2 rings (SSSR count). The predicted molar refractivity (Wildman–Crippen MR) is 85.2 cm³/mol. The summed E-state index contributed by atoms with van der Waals surface area (Å²) in [6.07, 6.45) is 6.28. The van der Waals surface area contributed by atoms with Gasteiger partial charge in [0.25, 0.3) is 0 Å². The van der Waals surface area contributed by atoms with Gasteiger partial charge < -0.3 is 5.32 Å². The Bertz CT molecular complexity index is 454.